The first-order valence-electron chi connectivity index (χ1n) is 4.12. The van der Waals surface area contributed by atoms with Crippen LogP contribution >= 0.6 is 11.3 Å². The summed E-state index contributed by atoms with van der Waals surface area (Å²) in [4.78, 5) is 0. The predicted octanol–water partition coefficient (Wildman–Crippen LogP) is 2.82. The monoisotopic (exact) mass is 190 g/mol. The zero-order valence-electron chi connectivity index (χ0n) is 7.61. The van der Waals surface area contributed by atoms with Crippen LogP contribution in [0.15, 0.2) is 23.7 Å². The molecule has 2 aromatic rings. The highest BCUT2D eigenvalue weighted by Gasteiger charge is 2.07. The third-order valence-electron chi connectivity index (χ3n) is 2.06. The van der Waals surface area contributed by atoms with Crippen LogP contribution in [0.5, 0.6) is 0 Å². The molecule has 1 heterocycles. The van der Waals surface area contributed by atoms with Crippen LogP contribution in [0, 0.1) is 13.8 Å². The number of aromatic nitrogens is 2. The molecule has 3 heteroatoms. The Balaban J connectivity index is 2.64. The van der Waals surface area contributed by atoms with Gasteiger partial charge >= 0.3 is 0 Å². The van der Waals surface area contributed by atoms with Crippen molar-refractivity contribution < 1.29 is 0 Å². The summed E-state index contributed by atoms with van der Waals surface area (Å²) >= 11 is 1.58. The molecule has 0 amide bonds. The predicted molar refractivity (Wildman–Crippen MR) is 54.8 cm³/mol. The summed E-state index contributed by atoms with van der Waals surface area (Å²) < 4.78 is 0. The largest absolute Gasteiger partial charge is 0.148 e. The van der Waals surface area contributed by atoms with Gasteiger partial charge < -0.3 is 0 Å². The van der Waals surface area contributed by atoms with Gasteiger partial charge in [0.05, 0.1) is 0 Å². The standard InChI is InChI=1S/C10H10N2S/c1-7-4-3-5-8(2)9(7)10-12-11-6-13-10/h3-6H,1-2H3. The maximum Gasteiger partial charge on any atom is 0.148 e. The SMILES string of the molecule is Cc1cccc(C)c1-c1nncs1. The number of nitrogens with zero attached hydrogens (tertiary/aromatic N) is 2. The van der Waals surface area contributed by atoms with Gasteiger partial charge in [-0.3, -0.25) is 0 Å². The van der Waals surface area contributed by atoms with Gasteiger partial charge in [0.15, 0.2) is 0 Å². The number of hydrogen-bond acceptors (Lipinski definition) is 3. The summed E-state index contributed by atoms with van der Waals surface area (Å²) in [6.45, 7) is 4.20. The number of aryl methyl sites for hydroxylation is 2. The topological polar surface area (TPSA) is 25.8 Å². The number of rotatable bonds is 1. The van der Waals surface area contributed by atoms with Crippen LogP contribution in [0.4, 0.5) is 0 Å². The van der Waals surface area contributed by atoms with Crippen molar-refractivity contribution in [1.29, 1.82) is 0 Å². The lowest BCUT2D eigenvalue weighted by Crippen LogP contribution is -1.86. The summed E-state index contributed by atoms with van der Waals surface area (Å²) in [5, 5.41) is 8.94. The molecule has 0 saturated heterocycles. The van der Waals surface area contributed by atoms with E-state index in [4.69, 9.17) is 0 Å². The fourth-order valence-electron chi connectivity index (χ4n) is 1.43. The molecule has 2 rings (SSSR count). The molecule has 2 nitrogen and oxygen atoms in total. The molecule has 0 aliphatic carbocycles. The summed E-state index contributed by atoms with van der Waals surface area (Å²) in [6, 6.07) is 6.27. The van der Waals surface area contributed by atoms with Gasteiger partial charge in [0.1, 0.15) is 10.5 Å². The van der Waals surface area contributed by atoms with Gasteiger partial charge in [0.2, 0.25) is 0 Å². The van der Waals surface area contributed by atoms with Crippen molar-refractivity contribution in [1.82, 2.24) is 10.2 Å². The van der Waals surface area contributed by atoms with Gasteiger partial charge in [0.25, 0.3) is 0 Å². The van der Waals surface area contributed by atoms with Gasteiger partial charge in [0, 0.05) is 5.56 Å². The van der Waals surface area contributed by atoms with E-state index < -0.39 is 0 Å². The van der Waals surface area contributed by atoms with Gasteiger partial charge in [-0.05, 0) is 25.0 Å². The Kier molecular flexibility index (Phi) is 2.10. The van der Waals surface area contributed by atoms with Gasteiger partial charge in [-0.15, -0.1) is 10.2 Å². The Morgan fingerprint density at radius 2 is 1.85 bits per heavy atom. The molecule has 0 aliphatic rings. The van der Waals surface area contributed by atoms with E-state index in [1.165, 1.54) is 16.7 Å². The summed E-state index contributed by atoms with van der Waals surface area (Å²) in [6.07, 6.45) is 0. The third-order valence-corrected chi connectivity index (χ3v) is 2.76. The van der Waals surface area contributed by atoms with E-state index in [0.717, 1.165) is 5.01 Å². The lowest BCUT2D eigenvalue weighted by molar-refractivity contribution is 1.09. The number of benzene rings is 1. The fourth-order valence-corrected chi connectivity index (χ4v) is 2.16. The molecule has 0 saturated carbocycles. The van der Waals surface area contributed by atoms with Crippen LogP contribution in [0.25, 0.3) is 10.6 Å². The molecule has 0 bridgehead atoms. The molecule has 13 heavy (non-hydrogen) atoms. The van der Waals surface area contributed by atoms with Gasteiger partial charge in [-0.25, -0.2) is 0 Å². The first-order valence-corrected chi connectivity index (χ1v) is 5.00. The van der Waals surface area contributed by atoms with Crippen LogP contribution in [0.2, 0.25) is 0 Å². The van der Waals surface area contributed by atoms with Crippen molar-refractivity contribution in [3.63, 3.8) is 0 Å². The van der Waals surface area contributed by atoms with Crippen molar-refractivity contribution in [2.24, 2.45) is 0 Å². The van der Waals surface area contributed by atoms with E-state index >= 15 is 0 Å². The maximum absolute atomic E-state index is 4.08. The molecule has 0 unspecified atom stereocenters. The Morgan fingerprint density at radius 3 is 2.38 bits per heavy atom. The minimum atomic E-state index is 1.01. The molecule has 1 aromatic heterocycles. The highest BCUT2D eigenvalue weighted by Crippen LogP contribution is 2.27. The zero-order chi connectivity index (χ0) is 9.26. The maximum atomic E-state index is 4.08. The Labute approximate surface area is 81.3 Å². The van der Waals surface area contributed by atoms with Crippen molar-refractivity contribution in [2.75, 3.05) is 0 Å². The minimum absolute atomic E-state index is 1.01. The normalized spacial score (nSPS) is 10.3. The lowest BCUT2D eigenvalue weighted by Gasteiger charge is -2.04. The van der Waals surface area contributed by atoms with Gasteiger partial charge in [-0.2, -0.15) is 0 Å². The van der Waals surface area contributed by atoms with Crippen LogP contribution in [0.1, 0.15) is 11.1 Å². The molecule has 0 atom stereocenters. The van der Waals surface area contributed by atoms with Crippen LogP contribution in [-0.4, -0.2) is 10.2 Å². The fraction of sp³-hybridized carbons (Fsp3) is 0.200. The smallest absolute Gasteiger partial charge is 0.147 e. The molecule has 66 valence electrons. The van der Waals surface area contributed by atoms with E-state index in [1.54, 1.807) is 16.8 Å². The van der Waals surface area contributed by atoms with Crippen LogP contribution in [0.3, 0.4) is 0 Å². The molecule has 0 N–H and O–H groups in total. The summed E-state index contributed by atoms with van der Waals surface area (Å²) in [5.74, 6) is 0. The van der Waals surface area contributed by atoms with Crippen LogP contribution < -0.4 is 0 Å². The Bertz CT molecular complexity index is 387. The molecule has 0 spiro atoms. The quantitative estimate of drug-likeness (QED) is 0.691. The first-order chi connectivity index (χ1) is 6.29. The highest BCUT2D eigenvalue weighted by molar-refractivity contribution is 7.12. The second kappa shape index (κ2) is 3.26. The first kappa shape index (κ1) is 8.38. The van der Waals surface area contributed by atoms with E-state index in [0.29, 0.717) is 0 Å². The minimum Gasteiger partial charge on any atom is -0.147 e. The average molecular weight is 190 g/mol. The Hall–Kier alpha value is -1.22. The Morgan fingerprint density at radius 1 is 1.15 bits per heavy atom. The van der Waals surface area contributed by atoms with E-state index in [-0.39, 0.29) is 0 Å². The molecular weight excluding hydrogens is 180 g/mol. The highest BCUT2D eigenvalue weighted by atomic mass is 32.1. The molecule has 0 radical (unpaired) electrons. The summed E-state index contributed by atoms with van der Waals surface area (Å²) in [5.41, 5.74) is 5.51. The average Bonchev–Trinajstić information content (AvgIpc) is 2.57. The van der Waals surface area contributed by atoms with Crippen molar-refractivity contribution >= 4 is 11.3 Å². The molecular formula is C10H10N2S. The van der Waals surface area contributed by atoms with Crippen LogP contribution in [-0.2, 0) is 0 Å². The number of hydrogen-bond donors (Lipinski definition) is 0. The van der Waals surface area contributed by atoms with E-state index in [9.17, 15) is 0 Å². The molecule has 0 fully saturated rings. The second-order valence-electron chi connectivity index (χ2n) is 3.01. The molecule has 0 aliphatic heterocycles. The molecule has 1 aromatic carbocycles. The van der Waals surface area contributed by atoms with E-state index in [2.05, 4.69) is 42.2 Å². The summed E-state index contributed by atoms with van der Waals surface area (Å²) in [7, 11) is 0. The zero-order valence-corrected chi connectivity index (χ0v) is 8.43. The van der Waals surface area contributed by atoms with Crippen molar-refractivity contribution in [3.05, 3.63) is 34.8 Å². The lowest BCUT2D eigenvalue weighted by atomic mass is 10.0. The second-order valence-corrected chi connectivity index (χ2v) is 3.84. The van der Waals surface area contributed by atoms with Gasteiger partial charge in [-0.1, -0.05) is 29.5 Å². The van der Waals surface area contributed by atoms with Crippen molar-refractivity contribution in [2.45, 2.75) is 13.8 Å². The third kappa shape index (κ3) is 1.47. The van der Waals surface area contributed by atoms with E-state index in [1.807, 2.05) is 0 Å². The van der Waals surface area contributed by atoms with Crippen molar-refractivity contribution in [3.8, 4) is 10.6 Å².